The van der Waals surface area contributed by atoms with Crippen molar-refractivity contribution in [1.29, 1.82) is 0 Å². The number of fused-ring (bicyclic) bond motifs is 1. The maximum absolute atomic E-state index is 13.4. The Balaban J connectivity index is 2.22. The van der Waals surface area contributed by atoms with Crippen LogP contribution < -0.4 is 16.0 Å². The van der Waals surface area contributed by atoms with Crippen molar-refractivity contribution in [3.8, 4) is 6.01 Å². The predicted molar refractivity (Wildman–Crippen MR) is 135 cm³/mol. The first-order valence-electron chi connectivity index (χ1n) is 10.8. The molecule has 0 spiro atoms. The maximum atomic E-state index is 13.4. The summed E-state index contributed by atoms with van der Waals surface area (Å²) >= 11 is 12.0. The largest absolute Gasteiger partial charge is 0.426 e. The third kappa shape index (κ3) is 5.52. The molecule has 0 aliphatic carbocycles. The molecular formula is C24H26Cl2N4O4. The van der Waals surface area contributed by atoms with Crippen LogP contribution in [0.15, 0.2) is 69.5 Å². The molecule has 0 bridgehead atoms. The lowest BCUT2D eigenvalue weighted by molar-refractivity contribution is 0.277. The monoisotopic (exact) mass is 504 g/mol. The van der Waals surface area contributed by atoms with E-state index < -0.39 is 11.2 Å². The smallest absolute Gasteiger partial charge is 0.332 e. The molecule has 0 amide bonds. The Bertz CT molecular complexity index is 1360. The molecule has 8 nitrogen and oxygen atoms in total. The molecule has 2 heterocycles. The lowest BCUT2D eigenvalue weighted by Crippen LogP contribution is -2.40. The van der Waals surface area contributed by atoms with Crippen molar-refractivity contribution in [3.05, 3.63) is 91.3 Å². The van der Waals surface area contributed by atoms with Crippen LogP contribution in [0.5, 0.6) is 6.01 Å². The van der Waals surface area contributed by atoms with Gasteiger partial charge in [0.15, 0.2) is 11.2 Å². The molecule has 1 N–H and O–H groups in total. The van der Waals surface area contributed by atoms with E-state index in [1.165, 1.54) is 4.57 Å². The van der Waals surface area contributed by atoms with Crippen LogP contribution in [0.1, 0.15) is 25.8 Å². The summed E-state index contributed by atoms with van der Waals surface area (Å²) in [4.78, 5) is 30.9. The summed E-state index contributed by atoms with van der Waals surface area (Å²) in [6, 6.07) is 7.27. The van der Waals surface area contributed by atoms with Gasteiger partial charge in [-0.05, 0) is 50.1 Å². The Morgan fingerprint density at radius 3 is 2.50 bits per heavy atom. The SMILES string of the molecule is C=C(/C=C\C(Cl)=C/C)Oc1nc2c(c(=O)n(CCCO)c(=O)n2CC)n1Cc1ccc(Cl)cc1. The zero-order chi connectivity index (χ0) is 24.8. The molecule has 0 radical (unpaired) electrons. The Kier molecular flexibility index (Phi) is 8.55. The molecule has 0 atom stereocenters. The zero-order valence-electron chi connectivity index (χ0n) is 19.0. The molecule has 0 aliphatic rings. The highest BCUT2D eigenvalue weighted by Crippen LogP contribution is 2.23. The number of benzene rings is 1. The minimum absolute atomic E-state index is 0.0870. The predicted octanol–water partition coefficient (Wildman–Crippen LogP) is 4.06. The number of hydrogen-bond acceptors (Lipinski definition) is 5. The molecule has 2 aromatic heterocycles. The van der Waals surface area contributed by atoms with Gasteiger partial charge in [0, 0.05) is 29.8 Å². The third-order valence-corrected chi connectivity index (χ3v) is 5.71. The molecule has 0 fully saturated rings. The number of aliphatic hydroxyl groups is 1. The van der Waals surface area contributed by atoms with Crippen molar-refractivity contribution >= 4 is 34.4 Å². The minimum atomic E-state index is -0.507. The molecule has 3 rings (SSSR count). The quantitative estimate of drug-likeness (QED) is 0.332. The van der Waals surface area contributed by atoms with Crippen LogP contribution in [0, 0.1) is 0 Å². The molecule has 34 heavy (non-hydrogen) atoms. The molecule has 0 saturated carbocycles. The van der Waals surface area contributed by atoms with Crippen LogP contribution >= 0.6 is 23.2 Å². The highest BCUT2D eigenvalue weighted by molar-refractivity contribution is 6.31. The molecule has 0 saturated heterocycles. The van der Waals surface area contributed by atoms with Crippen LogP contribution in [0.4, 0.5) is 0 Å². The summed E-state index contributed by atoms with van der Waals surface area (Å²) in [7, 11) is 0. The van der Waals surface area contributed by atoms with Gasteiger partial charge in [0.1, 0.15) is 5.76 Å². The molecule has 10 heteroatoms. The van der Waals surface area contributed by atoms with E-state index in [1.807, 2.05) is 12.1 Å². The molecular weight excluding hydrogens is 479 g/mol. The van der Waals surface area contributed by atoms with E-state index in [0.717, 1.165) is 10.1 Å². The Morgan fingerprint density at radius 1 is 1.18 bits per heavy atom. The first kappa shape index (κ1) is 25.6. The van der Waals surface area contributed by atoms with Crippen molar-refractivity contribution in [2.45, 2.75) is 39.9 Å². The van der Waals surface area contributed by atoms with Crippen molar-refractivity contribution in [2.24, 2.45) is 0 Å². The Morgan fingerprint density at radius 2 is 1.88 bits per heavy atom. The fourth-order valence-corrected chi connectivity index (χ4v) is 3.59. The average Bonchev–Trinajstić information content (AvgIpc) is 3.16. The van der Waals surface area contributed by atoms with Gasteiger partial charge in [-0.1, -0.05) is 48.0 Å². The summed E-state index contributed by atoms with van der Waals surface area (Å²) in [5, 5.41) is 10.3. The van der Waals surface area contributed by atoms with E-state index in [1.54, 1.807) is 48.8 Å². The zero-order valence-corrected chi connectivity index (χ0v) is 20.5. The van der Waals surface area contributed by atoms with E-state index in [2.05, 4.69) is 11.6 Å². The minimum Gasteiger partial charge on any atom is -0.426 e. The van der Waals surface area contributed by atoms with E-state index in [-0.39, 0.29) is 49.1 Å². The Labute approximate surface area is 206 Å². The van der Waals surface area contributed by atoms with Crippen molar-refractivity contribution in [1.82, 2.24) is 18.7 Å². The van der Waals surface area contributed by atoms with E-state index in [0.29, 0.717) is 16.6 Å². The highest BCUT2D eigenvalue weighted by Gasteiger charge is 2.22. The summed E-state index contributed by atoms with van der Waals surface area (Å²) in [5.74, 6) is 0.249. The normalized spacial score (nSPS) is 12.1. The number of aromatic nitrogens is 4. The number of nitrogens with zero attached hydrogens (tertiary/aromatic N) is 4. The fourth-order valence-electron chi connectivity index (χ4n) is 3.40. The lowest BCUT2D eigenvalue weighted by atomic mass is 10.2. The van der Waals surface area contributed by atoms with Gasteiger partial charge < -0.3 is 9.84 Å². The number of aryl methyl sites for hydroxylation is 1. The van der Waals surface area contributed by atoms with Gasteiger partial charge >= 0.3 is 11.7 Å². The number of rotatable bonds is 10. The lowest BCUT2D eigenvalue weighted by Gasteiger charge is -2.12. The second kappa shape index (κ2) is 11.4. The standard InChI is InChI=1S/C24H26Cl2N4O4/c1-4-18(25)10-7-16(3)34-23-27-21-20(30(23)15-17-8-11-19(26)12-9-17)22(32)29(13-6-14-31)24(33)28(21)5-2/h4,7-12,31H,3,5-6,13-15H2,1-2H3/b10-7-,18-4+. The van der Waals surface area contributed by atoms with Gasteiger partial charge in [-0.2, -0.15) is 4.98 Å². The van der Waals surface area contributed by atoms with E-state index >= 15 is 0 Å². The molecule has 1 aromatic carbocycles. The summed E-state index contributed by atoms with van der Waals surface area (Å²) < 4.78 is 10.0. The van der Waals surface area contributed by atoms with Gasteiger partial charge in [-0.15, -0.1) is 0 Å². The van der Waals surface area contributed by atoms with Crippen LogP contribution in [0.2, 0.25) is 5.02 Å². The first-order valence-corrected chi connectivity index (χ1v) is 11.5. The van der Waals surface area contributed by atoms with Crippen molar-refractivity contribution in [2.75, 3.05) is 6.61 Å². The Hall–Kier alpha value is -3.07. The molecule has 0 aliphatic heterocycles. The van der Waals surface area contributed by atoms with Gasteiger partial charge in [0.05, 0.1) is 6.54 Å². The van der Waals surface area contributed by atoms with E-state index in [9.17, 15) is 14.7 Å². The van der Waals surface area contributed by atoms with Crippen molar-refractivity contribution in [3.63, 3.8) is 0 Å². The van der Waals surface area contributed by atoms with Crippen LogP contribution in [0.3, 0.4) is 0 Å². The van der Waals surface area contributed by atoms with Crippen LogP contribution in [-0.4, -0.2) is 30.4 Å². The number of allylic oxidation sites excluding steroid dienone is 4. The second-order valence-electron chi connectivity index (χ2n) is 7.42. The van der Waals surface area contributed by atoms with Crippen LogP contribution in [-0.2, 0) is 19.6 Å². The van der Waals surface area contributed by atoms with E-state index in [4.69, 9.17) is 27.9 Å². The fraction of sp³-hybridized carbons (Fsp3) is 0.292. The number of ether oxygens (including phenoxy) is 1. The third-order valence-electron chi connectivity index (χ3n) is 5.12. The van der Waals surface area contributed by atoms with Gasteiger partial charge in [0.2, 0.25) is 0 Å². The number of halogens is 2. The maximum Gasteiger partial charge on any atom is 0.332 e. The summed E-state index contributed by atoms with van der Waals surface area (Å²) in [5.41, 5.74) is 0.280. The number of hydrogen-bond donors (Lipinski definition) is 1. The average molecular weight is 505 g/mol. The highest BCUT2D eigenvalue weighted by atomic mass is 35.5. The van der Waals surface area contributed by atoms with Crippen molar-refractivity contribution < 1.29 is 9.84 Å². The molecule has 3 aromatic rings. The topological polar surface area (TPSA) is 91.3 Å². The van der Waals surface area contributed by atoms with Gasteiger partial charge in [-0.3, -0.25) is 18.5 Å². The number of aliphatic hydroxyl groups excluding tert-OH is 1. The number of imidazole rings is 1. The van der Waals surface area contributed by atoms with Gasteiger partial charge in [-0.25, -0.2) is 4.79 Å². The summed E-state index contributed by atoms with van der Waals surface area (Å²) in [6.07, 6.45) is 5.20. The molecule has 0 unspecified atom stereocenters. The van der Waals surface area contributed by atoms with Gasteiger partial charge in [0.25, 0.3) is 5.56 Å². The van der Waals surface area contributed by atoms with Crippen LogP contribution in [0.25, 0.3) is 11.2 Å². The first-order chi connectivity index (χ1) is 16.3. The second-order valence-corrected chi connectivity index (χ2v) is 8.29. The summed E-state index contributed by atoms with van der Waals surface area (Å²) in [6.45, 7) is 7.96. The molecule has 180 valence electrons.